The largest absolute Gasteiger partial charge is 0.478 e. The molecule has 0 saturated heterocycles. The molecule has 0 bridgehead atoms. The maximum atomic E-state index is 11.0. The third-order valence-electron chi connectivity index (χ3n) is 2.71. The van der Waals surface area contributed by atoms with Crippen LogP contribution in [0.1, 0.15) is 27.7 Å². The Labute approximate surface area is 109 Å². The first-order valence-electron chi connectivity index (χ1n) is 5.68. The second-order valence-electron chi connectivity index (χ2n) is 3.80. The van der Waals surface area contributed by atoms with Gasteiger partial charge in [0.25, 0.3) is 0 Å². The zero-order valence-electron chi connectivity index (χ0n) is 10.0. The fourth-order valence-electron chi connectivity index (χ4n) is 1.73. The summed E-state index contributed by atoms with van der Waals surface area (Å²) in [5.41, 5.74) is 2.11. The van der Waals surface area contributed by atoms with Gasteiger partial charge >= 0.3 is 5.97 Å². The molecule has 2 rings (SSSR count). The lowest BCUT2D eigenvalue weighted by Gasteiger charge is -2.08. The van der Waals surface area contributed by atoms with Crippen molar-refractivity contribution in [2.45, 2.75) is 19.9 Å². The number of nitrogens with zero attached hydrogens (tertiary/aromatic N) is 1. The van der Waals surface area contributed by atoms with Crippen LogP contribution >= 0.6 is 11.3 Å². The summed E-state index contributed by atoms with van der Waals surface area (Å²) in [5.74, 6) is -0.965. The lowest BCUT2D eigenvalue weighted by atomic mass is 10.2. The zero-order chi connectivity index (χ0) is 13.0. The van der Waals surface area contributed by atoms with E-state index < -0.39 is 5.97 Å². The van der Waals surface area contributed by atoms with Crippen molar-refractivity contribution in [3.8, 4) is 0 Å². The van der Waals surface area contributed by atoms with Crippen molar-refractivity contribution < 1.29 is 9.90 Å². The minimum absolute atomic E-state index is 0.201. The number of anilines is 1. The van der Waals surface area contributed by atoms with Crippen LogP contribution in [0.5, 0.6) is 0 Å². The van der Waals surface area contributed by atoms with Crippen LogP contribution in [0.4, 0.5) is 5.69 Å². The van der Waals surface area contributed by atoms with Gasteiger partial charge in [0.1, 0.15) is 5.56 Å². The van der Waals surface area contributed by atoms with Crippen molar-refractivity contribution in [2.24, 2.45) is 0 Å². The van der Waals surface area contributed by atoms with Crippen molar-refractivity contribution in [3.05, 3.63) is 45.9 Å². The van der Waals surface area contributed by atoms with Crippen LogP contribution in [0.15, 0.2) is 29.9 Å². The number of thiophene rings is 1. The Balaban J connectivity index is 2.13. The van der Waals surface area contributed by atoms with Gasteiger partial charge in [0, 0.05) is 23.8 Å². The van der Waals surface area contributed by atoms with Crippen LogP contribution in [-0.4, -0.2) is 16.1 Å². The van der Waals surface area contributed by atoms with Crippen LogP contribution in [0.25, 0.3) is 0 Å². The first-order chi connectivity index (χ1) is 8.72. The number of aromatic nitrogens is 1. The van der Waals surface area contributed by atoms with Gasteiger partial charge in [-0.15, -0.1) is 11.3 Å². The average Bonchev–Trinajstić information content (AvgIpc) is 2.84. The van der Waals surface area contributed by atoms with Gasteiger partial charge in [-0.25, -0.2) is 4.79 Å². The molecular formula is C13H14N2O2S. The van der Waals surface area contributed by atoms with Gasteiger partial charge in [0.2, 0.25) is 0 Å². The van der Waals surface area contributed by atoms with Gasteiger partial charge in [0.15, 0.2) is 0 Å². The monoisotopic (exact) mass is 262 g/mol. The van der Waals surface area contributed by atoms with Crippen LogP contribution in [0.2, 0.25) is 0 Å². The van der Waals surface area contributed by atoms with Crippen molar-refractivity contribution in [1.82, 2.24) is 4.98 Å². The Kier molecular flexibility index (Phi) is 3.94. The van der Waals surface area contributed by atoms with E-state index in [0.29, 0.717) is 12.2 Å². The van der Waals surface area contributed by atoms with E-state index in [9.17, 15) is 4.79 Å². The minimum Gasteiger partial charge on any atom is -0.478 e. The quantitative estimate of drug-likeness (QED) is 0.869. The van der Waals surface area contributed by atoms with Crippen LogP contribution < -0.4 is 5.32 Å². The molecule has 0 atom stereocenters. The molecule has 0 spiro atoms. The number of carboxylic acids is 1. The topological polar surface area (TPSA) is 62.2 Å². The number of pyridine rings is 1. The standard InChI is InChI=1S/C13H14N2O2S/c1-2-9-4-6-18-12(9)8-15-11-3-5-14-7-10(11)13(16)17/h3-7H,2,8H2,1H3,(H,14,15)(H,16,17). The molecule has 2 heterocycles. The fourth-order valence-corrected chi connectivity index (χ4v) is 2.65. The SMILES string of the molecule is CCc1ccsc1CNc1ccncc1C(=O)O. The molecule has 0 fully saturated rings. The van der Waals surface area contributed by atoms with E-state index in [2.05, 4.69) is 28.7 Å². The molecule has 94 valence electrons. The highest BCUT2D eigenvalue weighted by atomic mass is 32.1. The Morgan fingerprint density at radius 2 is 2.33 bits per heavy atom. The Hall–Kier alpha value is -1.88. The van der Waals surface area contributed by atoms with Gasteiger partial charge in [-0.2, -0.15) is 0 Å². The summed E-state index contributed by atoms with van der Waals surface area (Å²) in [4.78, 5) is 16.1. The van der Waals surface area contributed by atoms with Crippen molar-refractivity contribution in [1.29, 1.82) is 0 Å². The lowest BCUT2D eigenvalue weighted by Crippen LogP contribution is -2.06. The average molecular weight is 262 g/mol. The molecule has 0 aliphatic carbocycles. The summed E-state index contributed by atoms with van der Waals surface area (Å²) < 4.78 is 0. The molecule has 18 heavy (non-hydrogen) atoms. The Morgan fingerprint density at radius 1 is 1.50 bits per heavy atom. The van der Waals surface area contributed by atoms with Crippen LogP contribution in [0, 0.1) is 0 Å². The van der Waals surface area contributed by atoms with E-state index in [4.69, 9.17) is 5.11 Å². The summed E-state index contributed by atoms with van der Waals surface area (Å²) in [7, 11) is 0. The molecule has 4 nitrogen and oxygen atoms in total. The van der Waals surface area contributed by atoms with E-state index in [1.54, 1.807) is 23.6 Å². The highest BCUT2D eigenvalue weighted by Crippen LogP contribution is 2.20. The highest BCUT2D eigenvalue weighted by Gasteiger charge is 2.10. The highest BCUT2D eigenvalue weighted by molar-refractivity contribution is 7.10. The van der Waals surface area contributed by atoms with Crippen molar-refractivity contribution in [2.75, 3.05) is 5.32 Å². The number of carboxylic acid groups (broad SMARTS) is 1. The number of aromatic carboxylic acids is 1. The van der Waals surface area contributed by atoms with E-state index in [1.807, 2.05) is 0 Å². The molecule has 5 heteroatoms. The van der Waals surface area contributed by atoms with E-state index in [1.165, 1.54) is 16.6 Å². The Bertz CT molecular complexity index is 551. The van der Waals surface area contributed by atoms with Gasteiger partial charge in [-0.05, 0) is 29.5 Å². The first-order valence-corrected chi connectivity index (χ1v) is 6.56. The number of aryl methyl sites for hydroxylation is 1. The molecular weight excluding hydrogens is 248 g/mol. The number of nitrogens with one attached hydrogen (secondary N) is 1. The predicted octanol–water partition coefficient (Wildman–Crippen LogP) is 3.02. The third-order valence-corrected chi connectivity index (χ3v) is 3.67. The molecule has 0 aromatic carbocycles. The number of hydrogen-bond donors (Lipinski definition) is 2. The maximum Gasteiger partial charge on any atom is 0.339 e. The smallest absolute Gasteiger partial charge is 0.339 e. The van der Waals surface area contributed by atoms with Gasteiger partial charge in [0.05, 0.1) is 5.69 Å². The third kappa shape index (κ3) is 2.68. The second-order valence-corrected chi connectivity index (χ2v) is 4.80. The van der Waals surface area contributed by atoms with Crippen molar-refractivity contribution >= 4 is 23.0 Å². The van der Waals surface area contributed by atoms with Gasteiger partial charge < -0.3 is 10.4 Å². The van der Waals surface area contributed by atoms with Crippen molar-refractivity contribution in [3.63, 3.8) is 0 Å². The van der Waals surface area contributed by atoms with Crippen LogP contribution in [-0.2, 0) is 13.0 Å². The number of hydrogen-bond acceptors (Lipinski definition) is 4. The van der Waals surface area contributed by atoms with E-state index >= 15 is 0 Å². The minimum atomic E-state index is -0.965. The zero-order valence-corrected chi connectivity index (χ0v) is 10.8. The summed E-state index contributed by atoms with van der Waals surface area (Å²) in [6, 6.07) is 3.79. The summed E-state index contributed by atoms with van der Waals surface area (Å²) >= 11 is 1.68. The molecule has 0 amide bonds. The summed E-state index contributed by atoms with van der Waals surface area (Å²) in [6.07, 6.45) is 3.94. The molecule has 0 aliphatic heterocycles. The normalized spacial score (nSPS) is 10.3. The van der Waals surface area contributed by atoms with E-state index in [0.717, 1.165) is 6.42 Å². The lowest BCUT2D eigenvalue weighted by molar-refractivity contribution is 0.0697. The van der Waals surface area contributed by atoms with Gasteiger partial charge in [-0.3, -0.25) is 4.98 Å². The predicted molar refractivity (Wildman–Crippen MR) is 72.2 cm³/mol. The molecule has 0 saturated carbocycles. The maximum absolute atomic E-state index is 11.0. The molecule has 0 aliphatic rings. The van der Waals surface area contributed by atoms with E-state index in [-0.39, 0.29) is 5.56 Å². The summed E-state index contributed by atoms with van der Waals surface area (Å²) in [6.45, 7) is 2.76. The second kappa shape index (κ2) is 5.64. The number of rotatable bonds is 5. The molecule has 2 N–H and O–H groups in total. The fraction of sp³-hybridized carbons (Fsp3) is 0.231. The Morgan fingerprint density at radius 3 is 3.06 bits per heavy atom. The first kappa shape index (κ1) is 12.6. The number of carbonyl (C=O) groups is 1. The molecule has 2 aromatic heterocycles. The summed E-state index contributed by atoms with van der Waals surface area (Å²) in [5, 5.41) is 14.3. The van der Waals surface area contributed by atoms with Crippen LogP contribution in [0.3, 0.4) is 0 Å². The van der Waals surface area contributed by atoms with Gasteiger partial charge in [-0.1, -0.05) is 6.92 Å². The molecule has 2 aromatic rings. The molecule has 0 unspecified atom stereocenters. The molecule has 0 radical (unpaired) electrons.